The Balaban J connectivity index is 2.78. The van der Waals surface area contributed by atoms with Crippen molar-refractivity contribution in [1.82, 2.24) is 0 Å². The van der Waals surface area contributed by atoms with Crippen LogP contribution in [0.5, 0.6) is 0 Å². The van der Waals surface area contributed by atoms with Gasteiger partial charge >= 0.3 is 0 Å². The zero-order valence-electron chi connectivity index (χ0n) is 9.70. The Morgan fingerprint density at radius 3 is 2.75 bits per heavy atom. The highest BCUT2D eigenvalue weighted by atomic mass is 19.1. The van der Waals surface area contributed by atoms with E-state index in [2.05, 4.69) is 0 Å². The van der Waals surface area contributed by atoms with Gasteiger partial charge in [0.1, 0.15) is 5.82 Å². The molecule has 0 radical (unpaired) electrons. The number of amidine groups is 1. The third-order valence-corrected chi connectivity index (χ3v) is 2.58. The highest BCUT2D eigenvalue weighted by molar-refractivity contribution is 5.79. The Hall–Kier alpha value is -1.58. The SMILES string of the molecule is CCN(CC(C)C(=N)N)c1cccc(F)c1. The van der Waals surface area contributed by atoms with Crippen molar-refractivity contribution >= 4 is 11.5 Å². The number of halogens is 1. The first-order valence-electron chi connectivity index (χ1n) is 5.39. The van der Waals surface area contributed by atoms with Crippen LogP contribution < -0.4 is 10.6 Å². The first kappa shape index (κ1) is 12.5. The quantitative estimate of drug-likeness (QED) is 0.594. The number of rotatable bonds is 5. The molecule has 1 atom stereocenters. The van der Waals surface area contributed by atoms with Crippen LogP contribution in [0.15, 0.2) is 24.3 Å². The van der Waals surface area contributed by atoms with Crippen molar-refractivity contribution in [2.45, 2.75) is 13.8 Å². The fraction of sp³-hybridized carbons (Fsp3) is 0.417. The van der Waals surface area contributed by atoms with E-state index < -0.39 is 0 Å². The van der Waals surface area contributed by atoms with E-state index in [0.717, 1.165) is 12.2 Å². The summed E-state index contributed by atoms with van der Waals surface area (Å²) in [6, 6.07) is 6.47. The highest BCUT2D eigenvalue weighted by Gasteiger charge is 2.11. The molecule has 0 spiro atoms. The van der Waals surface area contributed by atoms with Crippen LogP contribution in [-0.4, -0.2) is 18.9 Å². The Morgan fingerprint density at radius 1 is 1.56 bits per heavy atom. The molecule has 0 aromatic heterocycles. The second-order valence-corrected chi connectivity index (χ2v) is 3.87. The van der Waals surface area contributed by atoms with Gasteiger partial charge in [-0.25, -0.2) is 4.39 Å². The molecule has 1 aromatic carbocycles. The maximum absolute atomic E-state index is 13.1. The molecule has 1 aromatic rings. The maximum atomic E-state index is 13.1. The summed E-state index contributed by atoms with van der Waals surface area (Å²) in [6.07, 6.45) is 0. The van der Waals surface area contributed by atoms with E-state index in [0.29, 0.717) is 6.54 Å². The molecular formula is C12H18FN3. The largest absolute Gasteiger partial charge is 0.387 e. The molecule has 0 heterocycles. The van der Waals surface area contributed by atoms with Gasteiger partial charge in [-0.15, -0.1) is 0 Å². The van der Waals surface area contributed by atoms with Gasteiger partial charge in [0.15, 0.2) is 0 Å². The summed E-state index contributed by atoms with van der Waals surface area (Å²) in [5, 5.41) is 7.35. The standard InChI is InChI=1S/C12H18FN3/c1-3-16(8-9(2)12(14)15)11-6-4-5-10(13)7-11/h4-7,9H,3,8H2,1-2H3,(H3,14,15). The second-order valence-electron chi connectivity index (χ2n) is 3.87. The molecule has 88 valence electrons. The number of anilines is 1. The number of benzene rings is 1. The van der Waals surface area contributed by atoms with Gasteiger partial charge in [-0.1, -0.05) is 13.0 Å². The third kappa shape index (κ3) is 3.22. The molecule has 1 unspecified atom stereocenters. The average Bonchev–Trinajstić information content (AvgIpc) is 2.25. The number of hydrogen-bond donors (Lipinski definition) is 2. The van der Waals surface area contributed by atoms with E-state index in [9.17, 15) is 4.39 Å². The van der Waals surface area contributed by atoms with Crippen molar-refractivity contribution in [3.63, 3.8) is 0 Å². The monoisotopic (exact) mass is 223 g/mol. The fourth-order valence-corrected chi connectivity index (χ4v) is 1.52. The van der Waals surface area contributed by atoms with Crippen LogP contribution in [0.25, 0.3) is 0 Å². The van der Waals surface area contributed by atoms with Crippen LogP contribution >= 0.6 is 0 Å². The van der Waals surface area contributed by atoms with Gasteiger partial charge in [0.25, 0.3) is 0 Å². The summed E-state index contributed by atoms with van der Waals surface area (Å²) in [7, 11) is 0. The van der Waals surface area contributed by atoms with Gasteiger partial charge in [-0.3, -0.25) is 5.41 Å². The van der Waals surface area contributed by atoms with Crippen LogP contribution in [0.3, 0.4) is 0 Å². The third-order valence-electron chi connectivity index (χ3n) is 2.58. The predicted octanol–water partition coefficient (Wildman–Crippen LogP) is 2.22. The number of nitrogens with zero attached hydrogens (tertiary/aromatic N) is 1. The topological polar surface area (TPSA) is 53.1 Å². The molecule has 3 nitrogen and oxygen atoms in total. The van der Waals surface area contributed by atoms with Crippen LogP contribution in [0.2, 0.25) is 0 Å². The molecule has 0 bridgehead atoms. The summed E-state index contributed by atoms with van der Waals surface area (Å²) in [6.45, 7) is 5.29. The fourth-order valence-electron chi connectivity index (χ4n) is 1.52. The van der Waals surface area contributed by atoms with Gasteiger partial charge < -0.3 is 10.6 Å². The Labute approximate surface area is 95.6 Å². The van der Waals surface area contributed by atoms with Gasteiger partial charge in [0, 0.05) is 24.7 Å². The minimum Gasteiger partial charge on any atom is -0.387 e. The van der Waals surface area contributed by atoms with E-state index in [1.165, 1.54) is 12.1 Å². The van der Waals surface area contributed by atoms with E-state index in [1.54, 1.807) is 6.07 Å². The summed E-state index contributed by atoms with van der Waals surface area (Å²) in [4.78, 5) is 2.01. The van der Waals surface area contributed by atoms with Crippen molar-refractivity contribution in [3.05, 3.63) is 30.1 Å². The lowest BCUT2D eigenvalue weighted by molar-refractivity contribution is 0.624. The van der Waals surface area contributed by atoms with Crippen molar-refractivity contribution < 1.29 is 4.39 Å². The number of nitrogens with one attached hydrogen (secondary N) is 1. The minimum absolute atomic E-state index is 0.0248. The van der Waals surface area contributed by atoms with E-state index in [1.807, 2.05) is 24.8 Å². The maximum Gasteiger partial charge on any atom is 0.125 e. The van der Waals surface area contributed by atoms with Crippen molar-refractivity contribution in [1.29, 1.82) is 5.41 Å². The zero-order valence-corrected chi connectivity index (χ0v) is 9.70. The molecule has 4 heteroatoms. The van der Waals surface area contributed by atoms with Crippen molar-refractivity contribution in [2.24, 2.45) is 11.7 Å². The van der Waals surface area contributed by atoms with Crippen LogP contribution in [0.4, 0.5) is 10.1 Å². The lowest BCUT2D eigenvalue weighted by Gasteiger charge is -2.26. The smallest absolute Gasteiger partial charge is 0.125 e. The molecule has 0 aliphatic heterocycles. The molecule has 0 amide bonds. The molecule has 0 saturated carbocycles. The molecule has 1 rings (SSSR count). The zero-order chi connectivity index (χ0) is 12.1. The average molecular weight is 223 g/mol. The lowest BCUT2D eigenvalue weighted by Crippen LogP contribution is -2.34. The number of hydrogen-bond acceptors (Lipinski definition) is 2. The van der Waals surface area contributed by atoms with Crippen molar-refractivity contribution in [2.75, 3.05) is 18.0 Å². The minimum atomic E-state index is -0.244. The molecule has 0 aliphatic carbocycles. The number of nitrogens with two attached hydrogens (primary N) is 1. The van der Waals surface area contributed by atoms with Crippen LogP contribution in [-0.2, 0) is 0 Å². The molecule has 0 saturated heterocycles. The molecule has 0 aliphatic rings. The van der Waals surface area contributed by atoms with Gasteiger partial charge in [-0.05, 0) is 25.1 Å². The summed E-state index contributed by atoms with van der Waals surface area (Å²) >= 11 is 0. The Bertz CT molecular complexity index is 365. The summed E-state index contributed by atoms with van der Waals surface area (Å²) in [5.74, 6) is -0.107. The van der Waals surface area contributed by atoms with Crippen LogP contribution in [0.1, 0.15) is 13.8 Å². The Kier molecular flexibility index (Phi) is 4.28. The van der Waals surface area contributed by atoms with Gasteiger partial charge in [0.2, 0.25) is 0 Å². The normalized spacial score (nSPS) is 12.2. The highest BCUT2D eigenvalue weighted by Crippen LogP contribution is 2.16. The van der Waals surface area contributed by atoms with E-state index in [4.69, 9.17) is 11.1 Å². The predicted molar refractivity (Wildman–Crippen MR) is 65.4 cm³/mol. The molecule has 0 fully saturated rings. The van der Waals surface area contributed by atoms with E-state index >= 15 is 0 Å². The van der Waals surface area contributed by atoms with Gasteiger partial charge in [-0.2, -0.15) is 0 Å². The summed E-state index contributed by atoms with van der Waals surface area (Å²) in [5.41, 5.74) is 6.26. The summed E-state index contributed by atoms with van der Waals surface area (Å²) < 4.78 is 13.1. The van der Waals surface area contributed by atoms with Crippen LogP contribution in [0, 0.1) is 17.1 Å². The Morgan fingerprint density at radius 2 is 2.25 bits per heavy atom. The second kappa shape index (κ2) is 5.49. The molecule has 3 N–H and O–H groups in total. The van der Waals surface area contributed by atoms with Gasteiger partial charge in [0.05, 0.1) is 5.84 Å². The van der Waals surface area contributed by atoms with Crippen molar-refractivity contribution in [3.8, 4) is 0 Å². The van der Waals surface area contributed by atoms with E-state index in [-0.39, 0.29) is 17.6 Å². The molecule has 16 heavy (non-hydrogen) atoms. The first-order chi connectivity index (χ1) is 7.54. The lowest BCUT2D eigenvalue weighted by atomic mass is 10.1. The molecular weight excluding hydrogens is 205 g/mol. The first-order valence-corrected chi connectivity index (χ1v) is 5.39.